The van der Waals surface area contributed by atoms with Crippen LogP contribution in [0.5, 0.6) is 0 Å². The first-order valence-electron chi connectivity index (χ1n) is 15.8. The fourth-order valence-corrected chi connectivity index (χ4v) is 5.60. The first kappa shape index (κ1) is 31.2. The van der Waals surface area contributed by atoms with E-state index in [-0.39, 0.29) is 0 Å². The molecule has 200 valence electrons. The highest BCUT2D eigenvalue weighted by Crippen LogP contribution is 2.26. The average Bonchev–Trinajstić information content (AvgIpc) is 3.33. The van der Waals surface area contributed by atoms with E-state index in [1.54, 1.807) is 0 Å². The lowest BCUT2D eigenvalue weighted by Gasteiger charge is -2.16. The van der Waals surface area contributed by atoms with E-state index in [1.165, 1.54) is 154 Å². The molecule has 0 saturated carbocycles. The first-order chi connectivity index (χ1) is 16.7. The molecule has 0 radical (unpaired) electrons. The minimum absolute atomic E-state index is 0.623. The van der Waals surface area contributed by atoms with Crippen LogP contribution in [0.1, 0.15) is 193 Å². The molecule has 2 unspecified atom stereocenters. The van der Waals surface area contributed by atoms with Crippen molar-refractivity contribution >= 4 is 0 Å². The molecule has 0 saturated heterocycles. The lowest BCUT2D eigenvalue weighted by molar-refractivity contribution is -0.727. The van der Waals surface area contributed by atoms with E-state index in [0.717, 1.165) is 0 Å². The summed E-state index contributed by atoms with van der Waals surface area (Å²) in [5.74, 6) is 2.21. The van der Waals surface area contributed by atoms with Crippen LogP contribution in [0.2, 0.25) is 0 Å². The van der Waals surface area contributed by atoms with Gasteiger partial charge < -0.3 is 0 Å². The molecule has 0 spiro atoms. The number of hydrogen-bond donors (Lipinski definition) is 1. The van der Waals surface area contributed by atoms with Crippen molar-refractivity contribution in [1.29, 1.82) is 0 Å². The molecule has 2 atom stereocenters. The summed E-state index contributed by atoms with van der Waals surface area (Å²) in [5, 5.41) is 0. The number of nitrogens with zero attached hydrogens (tertiary/aromatic N) is 1. The molecule has 0 aromatic carbocycles. The van der Waals surface area contributed by atoms with Crippen molar-refractivity contribution in [2.75, 3.05) is 0 Å². The third-order valence-corrected chi connectivity index (χ3v) is 7.87. The van der Waals surface area contributed by atoms with E-state index in [9.17, 15) is 0 Å². The third kappa shape index (κ3) is 15.3. The Hall–Kier alpha value is -0.790. The number of nitrogens with one attached hydrogen (secondary N) is 1. The van der Waals surface area contributed by atoms with Gasteiger partial charge in [0.25, 0.3) is 5.82 Å². The summed E-state index contributed by atoms with van der Waals surface area (Å²) in [6.07, 6.45) is 36.9. The van der Waals surface area contributed by atoms with Gasteiger partial charge in [0.05, 0.1) is 12.0 Å². The Balaban J connectivity index is 2.24. The van der Waals surface area contributed by atoms with Crippen LogP contribution in [0.25, 0.3) is 0 Å². The predicted octanol–water partition coefficient (Wildman–Crippen LogP) is 11.0. The van der Waals surface area contributed by atoms with Crippen molar-refractivity contribution in [1.82, 2.24) is 4.98 Å². The number of rotatable bonds is 25. The summed E-state index contributed by atoms with van der Waals surface area (Å²) in [7, 11) is 0. The van der Waals surface area contributed by atoms with Crippen LogP contribution in [0.4, 0.5) is 0 Å². The molecule has 2 nitrogen and oxygen atoms in total. The van der Waals surface area contributed by atoms with Crippen molar-refractivity contribution < 1.29 is 4.57 Å². The number of unbranched alkanes of at least 4 members (excludes halogenated alkanes) is 17. The summed E-state index contributed by atoms with van der Waals surface area (Å²) in [6.45, 7) is 9.39. The molecule has 0 amide bonds. The van der Waals surface area contributed by atoms with E-state index in [1.807, 2.05) is 0 Å². The molecule has 1 heterocycles. The Morgan fingerprint density at radius 2 is 1.00 bits per heavy atom. The van der Waals surface area contributed by atoms with E-state index >= 15 is 0 Å². The summed E-state index contributed by atoms with van der Waals surface area (Å²) in [4.78, 5) is 3.65. The van der Waals surface area contributed by atoms with Gasteiger partial charge in [-0.15, -0.1) is 0 Å². The maximum Gasteiger partial charge on any atom is 0.257 e. The fourth-order valence-electron chi connectivity index (χ4n) is 5.60. The van der Waals surface area contributed by atoms with Crippen LogP contribution in [0.3, 0.4) is 0 Å². The maximum atomic E-state index is 3.65. The topological polar surface area (TPSA) is 19.7 Å². The molecular formula is C32H63N2+. The number of aromatic nitrogens is 2. The van der Waals surface area contributed by atoms with Crippen LogP contribution >= 0.6 is 0 Å². The number of aromatic amines is 1. The first-order valence-corrected chi connectivity index (χ1v) is 15.8. The van der Waals surface area contributed by atoms with Gasteiger partial charge in [-0.2, -0.15) is 0 Å². The summed E-state index contributed by atoms with van der Waals surface area (Å²) in [5.41, 5.74) is 0. The Kier molecular flexibility index (Phi) is 20.8. The van der Waals surface area contributed by atoms with Gasteiger partial charge >= 0.3 is 0 Å². The second-order valence-electron chi connectivity index (χ2n) is 11.2. The van der Waals surface area contributed by atoms with Crippen molar-refractivity contribution in [2.24, 2.45) is 0 Å². The minimum Gasteiger partial charge on any atom is -0.247 e. The van der Waals surface area contributed by atoms with Gasteiger partial charge in [-0.05, 0) is 32.6 Å². The SMILES string of the molecule is CCCCCCCCCCCCCCC(CCC)c1[nH]cc[n+]1C(C)CCCCCCCCC. The van der Waals surface area contributed by atoms with E-state index in [4.69, 9.17) is 0 Å². The zero-order chi connectivity index (χ0) is 24.7. The number of imidazole rings is 1. The van der Waals surface area contributed by atoms with E-state index in [0.29, 0.717) is 12.0 Å². The second kappa shape index (κ2) is 22.7. The standard InChI is InChI=1S/C32H62N2/c1-5-8-10-12-14-15-16-17-18-20-22-24-27-31(25-7-3)32-33-28-29-34(32)30(4)26-23-21-19-13-11-9-6-2/h28-31H,5-27H2,1-4H3/p+1. The Morgan fingerprint density at radius 1 is 0.559 bits per heavy atom. The average molecular weight is 476 g/mol. The van der Waals surface area contributed by atoms with Gasteiger partial charge in [0.2, 0.25) is 0 Å². The molecule has 0 bridgehead atoms. The van der Waals surface area contributed by atoms with Gasteiger partial charge in [-0.25, -0.2) is 9.55 Å². The molecule has 1 aromatic rings. The quantitative estimate of drug-likeness (QED) is 0.107. The maximum absolute atomic E-state index is 3.65. The van der Waals surface area contributed by atoms with Crippen molar-refractivity contribution in [3.63, 3.8) is 0 Å². The van der Waals surface area contributed by atoms with Crippen LogP contribution in [0, 0.1) is 0 Å². The van der Waals surface area contributed by atoms with E-state index < -0.39 is 0 Å². The van der Waals surface area contributed by atoms with Crippen LogP contribution in [-0.2, 0) is 0 Å². The molecule has 0 fully saturated rings. The number of hydrogen-bond acceptors (Lipinski definition) is 0. The number of H-pyrrole nitrogens is 1. The molecule has 2 heteroatoms. The van der Waals surface area contributed by atoms with Crippen molar-refractivity contribution in [2.45, 2.75) is 187 Å². The Morgan fingerprint density at radius 3 is 1.47 bits per heavy atom. The zero-order valence-electron chi connectivity index (χ0n) is 24.0. The summed E-state index contributed by atoms with van der Waals surface area (Å²) in [6, 6.07) is 0.623. The molecule has 0 aliphatic carbocycles. The molecule has 1 rings (SSSR count). The lowest BCUT2D eigenvalue weighted by atomic mass is 9.94. The van der Waals surface area contributed by atoms with Gasteiger partial charge in [0, 0.05) is 0 Å². The smallest absolute Gasteiger partial charge is 0.247 e. The minimum atomic E-state index is 0.623. The Labute approximate surface area is 215 Å². The van der Waals surface area contributed by atoms with Crippen molar-refractivity contribution in [3.05, 3.63) is 18.2 Å². The molecule has 0 aliphatic rings. The monoisotopic (exact) mass is 475 g/mol. The third-order valence-electron chi connectivity index (χ3n) is 7.87. The summed E-state index contributed by atoms with van der Waals surface area (Å²) < 4.78 is 2.58. The highest BCUT2D eigenvalue weighted by molar-refractivity contribution is 4.90. The molecule has 1 aromatic heterocycles. The fraction of sp³-hybridized carbons (Fsp3) is 0.906. The summed E-state index contributed by atoms with van der Waals surface area (Å²) >= 11 is 0. The predicted molar refractivity (Wildman–Crippen MR) is 152 cm³/mol. The Bertz CT molecular complexity index is 535. The van der Waals surface area contributed by atoms with Crippen LogP contribution < -0.4 is 4.57 Å². The molecular weight excluding hydrogens is 412 g/mol. The lowest BCUT2D eigenvalue weighted by Crippen LogP contribution is -2.41. The highest BCUT2D eigenvalue weighted by Gasteiger charge is 2.24. The highest BCUT2D eigenvalue weighted by atomic mass is 15.1. The van der Waals surface area contributed by atoms with Gasteiger partial charge in [-0.1, -0.05) is 143 Å². The molecule has 1 N–H and O–H groups in total. The van der Waals surface area contributed by atoms with Gasteiger partial charge in [0.1, 0.15) is 12.4 Å². The largest absolute Gasteiger partial charge is 0.257 e. The van der Waals surface area contributed by atoms with E-state index in [2.05, 4.69) is 49.6 Å². The van der Waals surface area contributed by atoms with Crippen LogP contribution in [0.15, 0.2) is 12.4 Å². The van der Waals surface area contributed by atoms with Crippen LogP contribution in [-0.4, -0.2) is 4.98 Å². The second-order valence-corrected chi connectivity index (χ2v) is 11.2. The van der Waals surface area contributed by atoms with Gasteiger partial charge in [0.15, 0.2) is 0 Å². The molecule has 0 aliphatic heterocycles. The molecule has 34 heavy (non-hydrogen) atoms. The normalized spacial score (nSPS) is 13.4. The van der Waals surface area contributed by atoms with Gasteiger partial charge in [-0.3, -0.25) is 0 Å². The van der Waals surface area contributed by atoms with Crippen molar-refractivity contribution in [3.8, 4) is 0 Å². The zero-order valence-corrected chi connectivity index (χ0v) is 24.0.